The average molecular weight is 220 g/mol. The maximum Gasteiger partial charge on any atom is 0.322 e. The SMILES string of the molecule is O=C(O)[C@@H]1CCCNN1Cc1ccccc1. The topological polar surface area (TPSA) is 52.6 Å². The van der Waals surface area contributed by atoms with E-state index in [4.69, 9.17) is 5.11 Å². The Balaban J connectivity index is 2.04. The smallest absolute Gasteiger partial charge is 0.322 e. The van der Waals surface area contributed by atoms with Crippen molar-refractivity contribution in [1.82, 2.24) is 10.4 Å². The molecule has 1 heterocycles. The molecule has 0 spiro atoms. The third kappa shape index (κ3) is 2.59. The predicted octanol–water partition coefficient (Wildman–Crippen LogP) is 1.24. The lowest BCUT2D eigenvalue weighted by atomic mass is 10.1. The fraction of sp³-hybridized carbons (Fsp3) is 0.417. The number of nitrogens with one attached hydrogen (secondary N) is 1. The number of carbonyl (C=O) groups is 1. The second kappa shape index (κ2) is 5.09. The van der Waals surface area contributed by atoms with Crippen LogP contribution >= 0.6 is 0 Å². The molecule has 0 unspecified atom stereocenters. The fourth-order valence-corrected chi connectivity index (χ4v) is 1.99. The predicted molar refractivity (Wildman–Crippen MR) is 60.6 cm³/mol. The summed E-state index contributed by atoms with van der Waals surface area (Å²) >= 11 is 0. The Morgan fingerprint density at radius 1 is 1.44 bits per heavy atom. The summed E-state index contributed by atoms with van der Waals surface area (Å²) < 4.78 is 0. The maximum atomic E-state index is 11.1. The van der Waals surface area contributed by atoms with E-state index in [2.05, 4.69) is 5.43 Å². The van der Waals surface area contributed by atoms with E-state index >= 15 is 0 Å². The van der Waals surface area contributed by atoms with Crippen molar-refractivity contribution < 1.29 is 9.90 Å². The summed E-state index contributed by atoms with van der Waals surface area (Å²) in [6.45, 7) is 1.49. The summed E-state index contributed by atoms with van der Waals surface area (Å²) in [7, 11) is 0. The van der Waals surface area contributed by atoms with Gasteiger partial charge in [0.25, 0.3) is 0 Å². The van der Waals surface area contributed by atoms with Crippen LogP contribution in [-0.2, 0) is 11.3 Å². The molecular formula is C12H16N2O2. The van der Waals surface area contributed by atoms with Crippen LogP contribution in [0.5, 0.6) is 0 Å². The van der Waals surface area contributed by atoms with E-state index in [9.17, 15) is 4.79 Å². The monoisotopic (exact) mass is 220 g/mol. The van der Waals surface area contributed by atoms with Gasteiger partial charge in [-0.15, -0.1) is 0 Å². The Kier molecular flexibility index (Phi) is 3.54. The molecular weight excluding hydrogens is 204 g/mol. The zero-order chi connectivity index (χ0) is 11.4. The second-order valence-electron chi connectivity index (χ2n) is 4.02. The molecule has 2 rings (SSSR count). The molecule has 1 aliphatic rings. The molecule has 86 valence electrons. The van der Waals surface area contributed by atoms with E-state index in [1.807, 2.05) is 35.3 Å². The van der Waals surface area contributed by atoms with Crippen molar-refractivity contribution in [2.45, 2.75) is 25.4 Å². The Bertz CT molecular complexity index is 353. The molecule has 16 heavy (non-hydrogen) atoms. The number of carboxylic acid groups (broad SMARTS) is 1. The zero-order valence-corrected chi connectivity index (χ0v) is 9.10. The lowest BCUT2D eigenvalue weighted by Crippen LogP contribution is -2.52. The van der Waals surface area contributed by atoms with Crippen molar-refractivity contribution in [3.8, 4) is 0 Å². The minimum Gasteiger partial charge on any atom is -0.480 e. The molecule has 1 aliphatic heterocycles. The first-order valence-corrected chi connectivity index (χ1v) is 5.54. The number of nitrogens with zero attached hydrogens (tertiary/aromatic N) is 1. The highest BCUT2D eigenvalue weighted by atomic mass is 16.4. The Morgan fingerprint density at radius 2 is 2.19 bits per heavy atom. The van der Waals surface area contributed by atoms with E-state index in [0.717, 1.165) is 24.9 Å². The Hall–Kier alpha value is -1.39. The molecule has 0 aliphatic carbocycles. The molecule has 1 atom stereocenters. The van der Waals surface area contributed by atoms with Crippen molar-refractivity contribution in [3.63, 3.8) is 0 Å². The van der Waals surface area contributed by atoms with Crippen LogP contribution in [0.15, 0.2) is 30.3 Å². The van der Waals surface area contributed by atoms with Crippen LogP contribution in [0.25, 0.3) is 0 Å². The molecule has 4 heteroatoms. The fourth-order valence-electron chi connectivity index (χ4n) is 1.99. The van der Waals surface area contributed by atoms with E-state index in [0.29, 0.717) is 6.54 Å². The lowest BCUT2D eigenvalue weighted by molar-refractivity contribution is -0.146. The normalized spacial score (nSPS) is 21.9. The summed E-state index contributed by atoms with van der Waals surface area (Å²) in [6.07, 6.45) is 1.64. The molecule has 0 bridgehead atoms. The summed E-state index contributed by atoms with van der Waals surface area (Å²) in [5.74, 6) is -0.747. The first kappa shape index (κ1) is 11.1. The van der Waals surface area contributed by atoms with Gasteiger partial charge in [-0.3, -0.25) is 10.2 Å². The maximum absolute atomic E-state index is 11.1. The highest BCUT2D eigenvalue weighted by Gasteiger charge is 2.27. The van der Waals surface area contributed by atoms with Gasteiger partial charge in [0, 0.05) is 13.1 Å². The third-order valence-corrected chi connectivity index (χ3v) is 2.83. The number of rotatable bonds is 3. The first-order valence-electron chi connectivity index (χ1n) is 5.54. The van der Waals surface area contributed by atoms with Crippen molar-refractivity contribution >= 4 is 5.97 Å². The van der Waals surface area contributed by atoms with E-state index in [1.54, 1.807) is 0 Å². The van der Waals surface area contributed by atoms with Crippen LogP contribution in [0.4, 0.5) is 0 Å². The Labute approximate surface area is 94.9 Å². The van der Waals surface area contributed by atoms with Crippen molar-refractivity contribution in [1.29, 1.82) is 0 Å². The number of hydrogen-bond donors (Lipinski definition) is 2. The van der Waals surface area contributed by atoms with E-state index < -0.39 is 12.0 Å². The van der Waals surface area contributed by atoms with Gasteiger partial charge in [0.2, 0.25) is 0 Å². The molecule has 0 aromatic heterocycles. The standard InChI is InChI=1S/C12H16N2O2/c15-12(16)11-7-4-8-13-14(11)9-10-5-2-1-3-6-10/h1-3,5-6,11,13H,4,7-9H2,(H,15,16)/t11-/m0/s1. The number of benzene rings is 1. The Morgan fingerprint density at radius 3 is 2.88 bits per heavy atom. The van der Waals surface area contributed by atoms with Gasteiger partial charge < -0.3 is 5.11 Å². The third-order valence-electron chi connectivity index (χ3n) is 2.83. The van der Waals surface area contributed by atoms with Gasteiger partial charge in [-0.1, -0.05) is 30.3 Å². The van der Waals surface area contributed by atoms with Crippen LogP contribution in [0.1, 0.15) is 18.4 Å². The van der Waals surface area contributed by atoms with Crippen LogP contribution in [0.3, 0.4) is 0 Å². The molecule has 0 saturated carbocycles. The summed E-state index contributed by atoms with van der Waals surface area (Å²) in [5.41, 5.74) is 4.28. The number of carboxylic acids is 1. The van der Waals surface area contributed by atoms with Crippen LogP contribution in [0, 0.1) is 0 Å². The van der Waals surface area contributed by atoms with Crippen molar-refractivity contribution in [3.05, 3.63) is 35.9 Å². The number of aliphatic carboxylic acids is 1. The van der Waals surface area contributed by atoms with Crippen LogP contribution < -0.4 is 5.43 Å². The molecule has 1 aromatic carbocycles. The number of hydrazine groups is 1. The van der Waals surface area contributed by atoms with Gasteiger partial charge in [-0.25, -0.2) is 5.01 Å². The highest BCUT2D eigenvalue weighted by Crippen LogP contribution is 2.14. The summed E-state index contributed by atoms with van der Waals surface area (Å²) in [4.78, 5) is 11.1. The molecule has 4 nitrogen and oxygen atoms in total. The highest BCUT2D eigenvalue weighted by molar-refractivity contribution is 5.73. The second-order valence-corrected chi connectivity index (χ2v) is 4.02. The largest absolute Gasteiger partial charge is 0.480 e. The first-order chi connectivity index (χ1) is 7.77. The minimum atomic E-state index is -0.747. The molecule has 1 saturated heterocycles. The van der Waals surface area contributed by atoms with Gasteiger partial charge in [-0.05, 0) is 18.4 Å². The van der Waals surface area contributed by atoms with Gasteiger partial charge in [-0.2, -0.15) is 0 Å². The number of hydrogen-bond acceptors (Lipinski definition) is 3. The quantitative estimate of drug-likeness (QED) is 0.804. The van der Waals surface area contributed by atoms with Gasteiger partial charge in [0.1, 0.15) is 6.04 Å². The van der Waals surface area contributed by atoms with Gasteiger partial charge >= 0.3 is 5.97 Å². The van der Waals surface area contributed by atoms with E-state index in [1.165, 1.54) is 0 Å². The molecule has 0 amide bonds. The van der Waals surface area contributed by atoms with Gasteiger partial charge in [0.05, 0.1) is 0 Å². The lowest BCUT2D eigenvalue weighted by Gasteiger charge is -2.33. The summed E-state index contributed by atoms with van der Waals surface area (Å²) in [5, 5.41) is 10.9. The molecule has 0 radical (unpaired) electrons. The van der Waals surface area contributed by atoms with Crippen molar-refractivity contribution in [2.24, 2.45) is 0 Å². The molecule has 1 aromatic rings. The minimum absolute atomic E-state index is 0.408. The average Bonchev–Trinajstić information content (AvgIpc) is 2.31. The molecule has 1 fully saturated rings. The summed E-state index contributed by atoms with van der Waals surface area (Å²) in [6, 6.07) is 9.50. The molecule has 2 N–H and O–H groups in total. The van der Waals surface area contributed by atoms with Crippen LogP contribution in [0.2, 0.25) is 0 Å². The van der Waals surface area contributed by atoms with Crippen molar-refractivity contribution in [2.75, 3.05) is 6.54 Å². The zero-order valence-electron chi connectivity index (χ0n) is 9.10. The van der Waals surface area contributed by atoms with Crippen LogP contribution in [-0.4, -0.2) is 28.7 Å². The van der Waals surface area contributed by atoms with E-state index in [-0.39, 0.29) is 0 Å². The van der Waals surface area contributed by atoms with Gasteiger partial charge in [0.15, 0.2) is 0 Å².